The van der Waals surface area contributed by atoms with Crippen LogP contribution >= 0.6 is 0 Å². The molecule has 1 aliphatic heterocycles. The molecule has 0 unspecified atom stereocenters. The van der Waals surface area contributed by atoms with Crippen LogP contribution in [0.5, 0.6) is 0 Å². The topological polar surface area (TPSA) is 38.7 Å². The Morgan fingerprint density at radius 1 is 0.438 bits per heavy atom. The molecule has 0 amide bonds. The van der Waals surface area contributed by atoms with Gasteiger partial charge in [0.15, 0.2) is 17.5 Å². The van der Waals surface area contributed by atoms with Crippen LogP contribution in [-0.4, -0.2) is 23.0 Å². The number of nitrogens with zero attached hydrogens (tertiary/aromatic N) is 3. The van der Waals surface area contributed by atoms with Gasteiger partial charge in [-0.25, -0.2) is 15.0 Å². The minimum absolute atomic E-state index is 0.0677. The standard InChI is InChI=1S/C60H51N3Si/c1-59(2)49-21-10-8-19-45(49)48-34-40(24-27-50(48)59)58-62-56(37-14-6-5-7-15-37)61-57(63-58)39-17-12-16-38(33-39)43-20-13-23-52-53(43)47-26-25-46-44-18-9-11-22-51(44)60(54(46)55(47)64(52,3)4)41-29-35-28-36(31-41)32-42(60)30-35/h5-27,33-36,41-42H,28-32H2,1-4H3. The lowest BCUT2D eigenvalue weighted by Gasteiger charge is -2.61. The average molecular weight is 842 g/mol. The van der Waals surface area contributed by atoms with Gasteiger partial charge in [0.1, 0.15) is 8.07 Å². The normalized spacial score (nSPS) is 23.9. The molecule has 4 heteroatoms. The largest absolute Gasteiger partial charge is 0.208 e. The first kappa shape index (κ1) is 37.2. The van der Waals surface area contributed by atoms with Crippen LogP contribution in [0.4, 0.5) is 0 Å². The summed E-state index contributed by atoms with van der Waals surface area (Å²) < 4.78 is 0. The van der Waals surface area contributed by atoms with Crippen LogP contribution in [0.15, 0.2) is 152 Å². The highest BCUT2D eigenvalue weighted by atomic mass is 28.3. The highest BCUT2D eigenvalue weighted by Gasteiger charge is 2.63. The maximum absolute atomic E-state index is 5.31. The van der Waals surface area contributed by atoms with Crippen molar-refractivity contribution in [1.29, 1.82) is 0 Å². The Bertz CT molecular complexity index is 3280. The second-order valence-corrected chi connectivity index (χ2v) is 25.5. The van der Waals surface area contributed by atoms with Crippen molar-refractivity contribution < 1.29 is 0 Å². The Morgan fingerprint density at radius 3 is 1.72 bits per heavy atom. The quantitative estimate of drug-likeness (QED) is 0.166. The smallest absolute Gasteiger partial charge is 0.164 e. The van der Waals surface area contributed by atoms with Gasteiger partial charge in [0, 0.05) is 27.5 Å². The molecule has 4 saturated carbocycles. The molecule has 15 rings (SSSR count). The zero-order chi connectivity index (χ0) is 42.7. The highest BCUT2D eigenvalue weighted by Crippen LogP contribution is 2.69. The summed E-state index contributed by atoms with van der Waals surface area (Å²) in [5.74, 6) is 5.39. The van der Waals surface area contributed by atoms with E-state index < -0.39 is 8.07 Å². The molecule has 8 aromatic rings. The van der Waals surface area contributed by atoms with Crippen molar-refractivity contribution in [2.75, 3.05) is 0 Å². The molecule has 7 aromatic carbocycles. The molecule has 3 nitrogen and oxygen atoms in total. The van der Waals surface area contributed by atoms with Crippen LogP contribution in [0, 0.1) is 23.7 Å². The number of fused-ring (bicyclic) bond motifs is 10. The fourth-order valence-electron chi connectivity index (χ4n) is 14.9. The lowest BCUT2D eigenvalue weighted by molar-refractivity contribution is -0.0395. The van der Waals surface area contributed by atoms with Crippen molar-refractivity contribution in [2.45, 2.75) is 69.9 Å². The van der Waals surface area contributed by atoms with Crippen LogP contribution in [0.2, 0.25) is 13.1 Å². The molecule has 310 valence electrons. The Labute approximate surface area is 377 Å². The summed E-state index contributed by atoms with van der Waals surface area (Å²) in [5, 5.41) is 3.30. The van der Waals surface area contributed by atoms with E-state index >= 15 is 0 Å². The summed E-state index contributed by atoms with van der Waals surface area (Å²) >= 11 is 0. The fraction of sp³-hybridized carbons (Fsp3) is 0.250. The van der Waals surface area contributed by atoms with Gasteiger partial charge in [-0.3, -0.25) is 0 Å². The second-order valence-electron chi connectivity index (χ2n) is 21.2. The predicted molar refractivity (Wildman–Crippen MR) is 265 cm³/mol. The third-order valence-corrected chi connectivity index (χ3v) is 20.8. The van der Waals surface area contributed by atoms with E-state index in [1.807, 2.05) is 6.07 Å². The number of aromatic nitrogens is 3. The molecule has 1 aromatic heterocycles. The number of hydrogen-bond donors (Lipinski definition) is 0. The van der Waals surface area contributed by atoms with Gasteiger partial charge >= 0.3 is 0 Å². The van der Waals surface area contributed by atoms with Gasteiger partial charge in [-0.15, -0.1) is 0 Å². The van der Waals surface area contributed by atoms with Gasteiger partial charge in [-0.1, -0.05) is 166 Å². The van der Waals surface area contributed by atoms with Crippen LogP contribution in [0.25, 0.3) is 78.7 Å². The van der Waals surface area contributed by atoms with Crippen LogP contribution in [0.1, 0.15) is 68.2 Å². The summed E-state index contributed by atoms with van der Waals surface area (Å²) in [6, 6.07) is 56.8. The maximum Gasteiger partial charge on any atom is 0.164 e. The molecule has 1 spiro atoms. The van der Waals surface area contributed by atoms with Gasteiger partial charge in [0.2, 0.25) is 0 Å². The van der Waals surface area contributed by atoms with Crippen molar-refractivity contribution in [1.82, 2.24) is 15.0 Å². The van der Waals surface area contributed by atoms with Gasteiger partial charge < -0.3 is 0 Å². The highest BCUT2D eigenvalue weighted by molar-refractivity contribution is 7.04. The van der Waals surface area contributed by atoms with Crippen LogP contribution in [-0.2, 0) is 10.8 Å². The minimum atomic E-state index is -2.14. The summed E-state index contributed by atoms with van der Waals surface area (Å²) in [6.07, 6.45) is 7.09. The molecule has 64 heavy (non-hydrogen) atoms. The van der Waals surface area contributed by atoms with E-state index in [4.69, 9.17) is 15.0 Å². The first-order valence-electron chi connectivity index (χ1n) is 23.8. The molecule has 2 heterocycles. The predicted octanol–water partition coefficient (Wildman–Crippen LogP) is 13.4. The average Bonchev–Trinajstić information content (AvgIpc) is 3.85. The first-order chi connectivity index (χ1) is 31.2. The van der Waals surface area contributed by atoms with E-state index in [0.717, 1.165) is 40.4 Å². The van der Waals surface area contributed by atoms with Gasteiger partial charge in [-0.05, 0) is 145 Å². The van der Waals surface area contributed by atoms with Gasteiger partial charge in [0.05, 0.1) is 0 Å². The SMILES string of the molecule is CC1(C)c2ccccc2-c2cc(-c3nc(-c4ccccc4)nc(-c4cccc(-c5cccc6c5-c5ccc7c(c5[Si]6(C)C)C5(c6ccccc6-7)C6CC7CC(C6)CC5C7)c4)n3)ccc21. The Balaban J connectivity index is 0.924. The Kier molecular flexibility index (Phi) is 7.52. The second kappa shape index (κ2) is 12.9. The molecular formula is C60H51N3Si. The zero-order valence-corrected chi connectivity index (χ0v) is 38.1. The van der Waals surface area contributed by atoms with Crippen molar-refractivity contribution in [3.63, 3.8) is 0 Å². The Hall–Kier alpha value is -6.23. The minimum Gasteiger partial charge on any atom is -0.208 e. The monoisotopic (exact) mass is 841 g/mol. The van der Waals surface area contributed by atoms with E-state index in [1.54, 1.807) is 21.5 Å². The van der Waals surface area contributed by atoms with Crippen LogP contribution < -0.4 is 10.4 Å². The third kappa shape index (κ3) is 4.85. The fourth-order valence-corrected chi connectivity index (χ4v) is 18.4. The van der Waals surface area contributed by atoms with E-state index in [2.05, 4.69) is 173 Å². The van der Waals surface area contributed by atoms with Gasteiger partial charge in [-0.2, -0.15) is 0 Å². The first-order valence-corrected chi connectivity index (χ1v) is 26.8. The summed E-state index contributed by atoms with van der Waals surface area (Å²) in [7, 11) is -2.14. The summed E-state index contributed by atoms with van der Waals surface area (Å²) in [5.41, 5.74) is 20.2. The molecule has 0 N–H and O–H groups in total. The molecule has 0 saturated heterocycles. The van der Waals surface area contributed by atoms with Crippen LogP contribution in [0.3, 0.4) is 0 Å². The molecule has 0 atom stereocenters. The van der Waals surface area contributed by atoms with Crippen molar-refractivity contribution in [3.05, 3.63) is 174 Å². The number of hydrogen-bond acceptors (Lipinski definition) is 3. The number of benzene rings is 7. The van der Waals surface area contributed by atoms with Crippen molar-refractivity contribution in [3.8, 4) is 78.7 Å². The van der Waals surface area contributed by atoms with E-state index in [1.165, 1.54) is 87.7 Å². The van der Waals surface area contributed by atoms with E-state index in [9.17, 15) is 0 Å². The molecule has 4 bridgehead atoms. The third-order valence-electron chi connectivity index (χ3n) is 17.3. The maximum atomic E-state index is 5.31. The molecule has 4 fully saturated rings. The zero-order valence-electron chi connectivity index (χ0n) is 37.1. The molecule has 7 aliphatic rings. The van der Waals surface area contributed by atoms with Crippen molar-refractivity contribution >= 4 is 18.4 Å². The lowest BCUT2D eigenvalue weighted by atomic mass is 9.43. The van der Waals surface area contributed by atoms with Gasteiger partial charge in [0.25, 0.3) is 0 Å². The Morgan fingerprint density at radius 2 is 0.984 bits per heavy atom. The summed E-state index contributed by atoms with van der Waals surface area (Å²) in [4.78, 5) is 15.7. The molecule has 6 aliphatic carbocycles. The van der Waals surface area contributed by atoms with E-state index in [-0.39, 0.29) is 10.8 Å². The lowest BCUT2D eigenvalue weighted by Crippen LogP contribution is -2.59. The summed E-state index contributed by atoms with van der Waals surface area (Å²) in [6.45, 7) is 9.96. The van der Waals surface area contributed by atoms with Crippen molar-refractivity contribution in [2.24, 2.45) is 23.7 Å². The van der Waals surface area contributed by atoms with E-state index in [0.29, 0.717) is 17.5 Å². The number of rotatable bonds is 4. The molecular weight excluding hydrogens is 791 g/mol. The molecule has 0 radical (unpaired) electrons.